The van der Waals surface area contributed by atoms with Crippen LogP contribution in [0.15, 0.2) is 60.7 Å². The predicted octanol–water partition coefficient (Wildman–Crippen LogP) is 9.92. The molecule has 0 N–H and O–H groups in total. The number of rotatable bonds is 16. The lowest BCUT2D eigenvalue weighted by Crippen LogP contribution is -2.30. The van der Waals surface area contributed by atoms with Crippen LogP contribution in [0.1, 0.15) is 117 Å². The molecule has 3 unspecified atom stereocenters. The van der Waals surface area contributed by atoms with Crippen LogP contribution >= 0.6 is 0 Å². The molecule has 3 nitrogen and oxygen atoms in total. The van der Waals surface area contributed by atoms with Crippen LogP contribution in [-0.2, 0) is 35.3 Å². The molecular weight excluding hydrogens is 540 g/mol. The summed E-state index contributed by atoms with van der Waals surface area (Å²) in [6.07, 6.45) is 10.4. The van der Waals surface area contributed by atoms with Crippen molar-refractivity contribution in [2.75, 3.05) is 0 Å². The molecule has 0 spiro atoms. The van der Waals surface area contributed by atoms with E-state index < -0.39 is 0 Å². The molecule has 3 atom stereocenters. The third-order valence-corrected chi connectivity index (χ3v) is 9.78. The summed E-state index contributed by atoms with van der Waals surface area (Å²) in [6, 6.07) is 22.1. The van der Waals surface area contributed by atoms with E-state index in [1.165, 1.54) is 40.3 Å². The maximum absolute atomic E-state index is 13.8. The molecule has 234 valence electrons. The lowest BCUT2D eigenvalue weighted by atomic mass is 9.71. The fraction of sp³-hybridized carbons (Fsp3) is 0.488. The van der Waals surface area contributed by atoms with E-state index in [9.17, 15) is 14.4 Å². The number of benzene rings is 3. The van der Waals surface area contributed by atoms with Gasteiger partial charge in [-0.05, 0) is 116 Å². The number of ketones is 3. The highest BCUT2D eigenvalue weighted by Gasteiger charge is 2.34. The molecular formula is C41H52O3. The normalized spacial score (nSPS) is 15.9. The monoisotopic (exact) mass is 592 g/mol. The third kappa shape index (κ3) is 8.43. The Balaban J connectivity index is 1.59. The Kier molecular flexibility index (Phi) is 12.3. The van der Waals surface area contributed by atoms with Gasteiger partial charge in [0.15, 0.2) is 5.78 Å². The molecule has 1 aliphatic carbocycles. The average molecular weight is 593 g/mol. The number of Topliss-reactive ketones (excluding diaryl/α,β-unsaturated/α-hetero) is 3. The number of hydrogen-bond acceptors (Lipinski definition) is 3. The van der Waals surface area contributed by atoms with Crippen molar-refractivity contribution in [3.63, 3.8) is 0 Å². The Hall–Kier alpha value is -3.33. The van der Waals surface area contributed by atoms with Gasteiger partial charge in [-0.15, -0.1) is 0 Å². The summed E-state index contributed by atoms with van der Waals surface area (Å²) in [5.74, 6) is 0.551. The molecule has 0 saturated heterocycles. The lowest BCUT2D eigenvalue weighted by Gasteiger charge is -2.33. The molecule has 4 rings (SSSR count). The van der Waals surface area contributed by atoms with Crippen molar-refractivity contribution in [1.82, 2.24) is 0 Å². The Labute approximate surface area is 265 Å². The summed E-state index contributed by atoms with van der Waals surface area (Å²) in [7, 11) is 0. The van der Waals surface area contributed by atoms with Gasteiger partial charge in [0, 0.05) is 17.9 Å². The van der Waals surface area contributed by atoms with E-state index in [0.29, 0.717) is 6.42 Å². The highest BCUT2D eigenvalue weighted by Crippen LogP contribution is 2.41. The largest absolute Gasteiger partial charge is 0.300 e. The summed E-state index contributed by atoms with van der Waals surface area (Å²) in [6.45, 7) is 10.0. The van der Waals surface area contributed by atoms with Gasteiger partial charge in [-0.2, -0.15) is 0 Å². The molecule has 0 heterocycles. The minimum atomic E-state index is -0.113. The molecule has 0 aromatic heterocycles. The minimum Gasteiger partial charge on any atom is -0.300 e. The van der Waals surface area contributed by atoms with E-state index in [4.69, 9.17) is 0 Å². The molecule has 0 saturated carbocycles. The van der Waals surface area contributed by atoms with Crippen molar-refractivity contribution in [2.45, 2.75) is 112 Å². The number of aryl methyl sites for hydroxylation is 4. The maximum Gasteiger partial charge on any atom is 0.163 e. The van der Waals surface area contributed by atoms with Gasteiger partial charge < -0.3 is 0 Å². The Morgan fingerprint density at radius 1 is 0.864 bits per heavy atom. The fourth-order valence-corrected chi connectivity index (χ4v) is 7.63. The molecule has 0 aliphatic heterocycles. The zero-order valence-corrected chi connectivity index (χ0v) is 27.7. The van der Waals surface area contributed by atoms with Crippen molar-refractivity contribution >= 4 is 17.3 Å². The lowest BCUT2D eigenvalue weighted by molar-refractivity contribution is -0.129. The van der Waals surface area contributed by atoms with Crippen LogP contribution < -0.4 is 0 Å². The fourth-order valence-electron chi connectivity index (χ4n) is 7.63. The van der Waals surface area contributed by atoms with Crippen LogP contribution in [0.5, 0.6) is 0 Å². The van der Waals surface area contributed by atoms with Gasteiger partial charge in [-0.3, -0.25) is 14.4 Å². The highest BCUT2D eigenvalue weighted by atomic mass is 16.1. The van der Waals surface area contributed by atoms with Gasteiger partial charge >= 0.3 is 0 Å². The zero-order valence-electron chi connectivity index (χ0n) is 27.7. The average Bonchev–Trinajstić information content (AvgIpc) is 3.00. The maximum atomic E-state index is 13.8. The Bertz CT molecular complexity index is 1430. The van der Waals surface area contributed by atoms with Crippen LogP contribution in [0.3, 0.4) is 0 Å². The second kappa shape index (κ2) is 16.1. The van der Waals surface area contributed by atoms with Crippen LogP contribution in [-0.4, -0.2) is 17.3 Å². The first-order valence-electron chi connectivity index (χ1n) is 17.1. The van der Waals surface area contributed by atoms with Gasteiger partial charge in [-0.25, -0.2) is 0 Å². The first-order valence-corrected chi connectivity index (χ1v) is 17.1. The SMILES string of the molecule is CCCC(CC1CC(=O)c2c(C)ccc(-c3cc(CCCCc4ccccc4)ccc3CC)c2C1)C(CC)C(=O)CC(C)=O. The summed E-state index contributed by atoms with van der Waals surface area (Å²) < 4.78 is 0. The number of fused-ring (bicyclic) bond motifs is 1. The van der Waals surface area contributed by atoms with Crippen molar-refractivity contribution < 1.29 is 14.4 Å². The standard InChI is InChI=1S/C41H52O3/c1-6-14-34(35(8-3)39(43)23-29(5)42)24-32-26-38-36(22-19-28(4)41(38)40(44)27-32)37-25-31(20-21-33(37)7-2)18-13-12-17-30-15-10-9-11-16-30/h9-11,15-16,19-22,25,32,34-35H,6-8,12-14,17-18,23-24,26-27H2,1-5H3. The van der Waals surface area contributed by atoms with Crippen LogP contribution in [0.2, 0.25) is 0 Å². The van der Waals surface area contributed by atoms with Crippen LogP contribution in [0.25, 0.3) is 11.1 Å². The molecule has 0 fully saturated rings. The number of carbonyl (C=O) groups is 3. The van der Waals surface area contributed by atoms with Crippen molar-refractivity contribution in [3.05, 3.63) is 94.0 Å². The Morgan fingerprint density at radius 2 is 1.59 bits per heavy atom. The van der Waals surface area contributed by atoms with E-state index in [1.807, 2.05) is 0 Å². The van der Waals surface area contributed by atoms with Crippen LogP contribution in [0, 0.1) is 24.7 Å². The number of hydrogen-bond donors (Lipinski definition) is 0. The first-order chi connectivity index (χ1) is 21.2. The molecule has 3 aromatic rings. The molecule has 0 radical (unpaired) electrons. The second-order valence-corrected chi connectivity index (χ2v) is 13.2. The molecule has 0 amide bonds. The molecule has 44 heavy (non-hydrogen) atoms. The molecule has 0 bridgehead atoms. The molecule has 3 aromatic carbocycles. The van der Waals surface area contributed by atoms with Crippen LogP contribution in [0.4, 0.5) is 0 Å². The first kappa shape index (κ1) is 33.6. The number of carbonyl (C=O) groups excluding carboxylic acids is 3. The zero-order chi connectivity index (χ0) is 31.6. The van der Waals surface area contributed by atoms with E-state index in [0.717, 1.165) is 75.3 Å². The van der Waals surface area contributed by atoms with Gasteiger partial charge in [0.05, 0.1) is 6.42 Å². The summed E-state index contributed by atoms with van der Waals surface area (Å²) in [5, 5.41) is 0. The van der Waals surface area contributed by atoms with Crippen molar-refractivity contribution in [2.24, 2.45) is 17.8 Å². The van der Waals surface area contributed by atoms with Gasteiger partial charge in [0.25, 0.3) is 0 Å². The third-order valence-electron chi connectivity index (χ3n) is 9.78. The van der Waals surface area contributed by atoms with Crippen molar-refractivity contribution in [3.8, 4) is 11.1 Å². The molecule has 1 aliphatic rings. The second-order valence-electron chi connectivity index (χ2n) is 13.2. The summed E-state index contributed by atoms with van der Waals surface area (Å²) in [5.41, 5.74) is 9.73. The van der Waals surface area contributed by atoms with E-state index in [2.05, 4.69) is 88.4 Å². The quantitative estimate of drug-likeness (QED) is 0.123. The summed E-state index contributed by atoms with van der Waals surface area (Å²) >= 11 is 0. The minimum absolute atomic E-state index is 0.0247. The van der Waals surface area contributed by atoms with E-state index in [-0.39, 0.29) is 41.5 Å². The van der Waals surface area contributed by atoms with Gasteiger partial charge in [0.2, 0.25) is 0 Å². The van der Waals surface area contributed by atoms with Crippen molar-refractivity contribution in [1.29, 1.82) is 0 Å². The predicted molar refractivity (Wildman–Crippen MR) is 182 cm³/mol. The smallest absolute Gasteiger partial charge is 0.163 e. The highest BCUT2D eigenvalue weighted by molar-refractivity contribution is 6.02. The summed E-state index contributed by atoms with van der Waals surface area (Å²) in [4.78, 5) is 38.6. The topological polar surface area (TPSA) is 51.2 Å². The van der Waals surface area contributed by atoms with Gasteiger partial charge in [0.1, 0.15) is 11.6 Å². The van der Waals surface area contributed by atoms with Gasteiger partial charge in [-0.1, -0.05) is 94.3 Å². The number of unbranched alkanes of at least 4 members (excludes halogenated alkanes) is 1. The van der Waals surface area contributed by atoms with E-state index in [1.54, 1.807) is 0 Å². The molecule has 3 heteroatoms. The Morgan fingerprint density at radius 3 is 2.25 bits per heavy atom. The van der Waals surface area contributed by atoms with E-state index >= 15 is 0 Å².